The van der Waals surface area contributed by atoms with E-state index in [1.807, 2.05) is 6.07 Å². The Morgan fingerprint density at radius 1 is 1.37 bits per heavy atom. The zero-order valence-electron chi connectivity index (χ0n) is 15.9. The molecule has 0 saturated heterocycles. The first-order valence-electron chi connectivity index (χ1n) is 9.51. The molecule has 0 radical (unpaired) electrons. The summed E-state index contributed by atoms with van der Waals surface area (Å²) in [6.45, 7) is 0. The number of carbonyl (C=O) groups excluding carboxylic acids is 1. The molecule has 1 aromatic heterocycles. The first-order chi connectivity index (χ1) is 14.4. The van der Waals surface area contributed by atoms with E-state index in [1.165, 1.54) is 42.2 Å². The minimum atomic E-state index is -0.938. The molecule has 1 aliphatic heterocycles. The van der Waals surface area contributed by atoms with Crippen LogP contribution in [-0.4, -0.2) is 28.0 Å². The first kappa shape index (κ1) is 20.3. The monoisotopic (exact) mass is 427 g/mol. The van der Waals surface area contributed by atoms with Crippen LogP contribution < -0.4 is 11.1 Å². The summed E-state index contributed by atoms with van der Waals surface area (Å²) in [5.74, 6) is -0.559. The van der Waals surface area contributed by atoms with Gasteiger partial charge in [-0.1, -0.05) is 11.8 Å². The van der Waals surface area contributed by atoms with E-state index in [-0.39, 0.29) is 18.0 Å². The van der Waals surface area contributed by atoms with E-state index in [1.54, 1.807) is 6.07 Å². The second kappa shape index (κ2) is 8.03. The molecule has 1 saturated carbocycles. The van der Waals surface area contributed by atoms with Crippen molar-refractivity contribution in [3.63, 3.8) is 0 Å². The number of benzene rings is 1. The Labute approximate surface area is 176 Å². The minimum Gasteiger partial charge on any atom is -0.379 e. The Hall–Kier alpha value is -2.99. The molecule has 154 valence electrons. The maximum absolute atomic E-state index is 14.9. The number of rotatable bonds is 3. The van der Waals surface area contributed by atoms with Crippen LogP contribution in [0.1, 0.15) is 40.9 Å². The smallest absolute Gasteiger partial charge is 0.274 e. The Balaban J connectivity index is 1.66. The number of pyridine rings is 1. The van der Waals surface area contributed by atoms with Gasteiger partial charge in [0.2, 0.25) is 0 Å². The number of nitrogens with two attached hydrogens (primary N) is 1. The van der Waals surface area contributed by atoms with Crippen LogP contribution in [-0.2, 0) is 5.54 Å². The highest BCUT2D eigenvalue weighted by atomic mass is 32.2. The van der Waals surface area contributed by atoms with Gasteiger partial charge in [0.05, 0.1) is 11.1 Å². The van der Waals surface area contributed by atoms with Crippen LogP contribution in [0, 0.1) is 23.1 Å². The van der Waals surface area contributed by atoms with Crippen LogP contribution in [0.2, 0.25) is 0 Å². The summed E-state index contributed by atoms with van der Waals surface area (Å²) in [5.41, 5.74) is 6.19. The van der Waals surface area contributed by atoms with Crippen LogP contribution in [0.3, 0.4) is 0 Å². The normalized spacial score (nSPS) is 25.6. The van der Waals surface area contributed by atoms with Crippen molar-refractivity contribution in [2.24, 2.45) is 16.6 Å². The topological polar surface area (TPSA) is 104 Å². The number of carbonyl (C=O) groups is 1. The van der Waals surface area contributed by atoms with Crippen LogP contribution in [0.5, 0.6) is 0 Å². The summed E-state index contributed by atoms with van der Waals surface area (Å²) in [6, 6.07) is 9.16. The molecule has 9 heteroatoms. The summed E-state index contributed by atoms with van der Waals surface area (Å²) >= 11 is 1.36. The van der Waals surface area contributed by atoms with Gasteiger partial charge in [-0.2, -0.15) is 5.26 Å². The Bertz CT molecular complexity index is 1050. The number of halogens is 2. The minimum absolute atomic E-state index is 0.130. The van der Waals surface area contributed by atoms with E-state index in [4.69, 9.17) is 11.0 Å². The number of nitrogens with zero attached hydrogens (tertiary/aromatic N) is 3. The molecule has 1 aliphatic carbocycles. The number of hydrogen-bond donors (Lipinski definition) is 2. The number of anilines is 1. The molecule has 30 heavy (non-hydrogen) atoms. The highest BCUT2D eigenvalue weighted by Crippen LogP contribution is 2.50. The number of fused-ring (bicyclic) bond motifs is 1. The van der Waals surface area contributed by atoms with Gasteiger partial charge >= 0.3 is 0 Å². The lowest BCUT2D eigenvalue weighted by atomic mass is 9.69. The molecular weight excluding hydrogens is 408 g/mol. The lowest BCUT2D eigenvalue weighted by Gasteiger charge is -2.45. The zero-order chi connectivity index (χ0) is 21.3. The van der Waals surface area contributed by atoms with E-state index in [2.05, 4.69) is 15.3 Å². The van der Waals surface area contributed by atoms with Crippen LogP contribution in [0.15, 0.2) is 41.5 Å². The van der Waals surface area contributed by atoms with Crippen molar-refractivity contribution >= 4 is 28.5 Å². The predicted octanol–water partition coefficient (Wildman–Crippen LogP) is 3.74. The molecule has 3 atom stereocenters. The molecule has 1 aromatic carbocycles. The lowest BCUT2D eigenvalue weighted by molar-refractivity contribution is 0.102. The summed E-state index contributed by atoms with van der Waals surface area (Å²) in [7, 11) is 0. The van der Waals surface area contributed by atoms with Gasteiger partial charge in [-0.05, 0) is 49.6 Å². The Morgan fingerprint density at radius 3 is 2.93 bits per heavy atom. The van der Waals surface area contributed by atoms with Gasteiger partial charge in [0, 0.05) is 29.1 Å². The molecule has 3 unspecified atom stereocenters. The van der Waals surface area contributed by atoms with Crippen LogP contribution in [0.25, 0.3) is 0 Å². The van der Waals surface area contributed by atoms with Crippen molar-refractivity contribution in [1.82, 2.24) is 4.98 Å². The molecule has 6 nitrogen and oxygen atoms in total. The number of aromatic nitrogens is 1. The van der Waals surface area contributed by atoms with Crippen molar-refractivity contribution in [3.8, 4) is 6.07 Å². The zero-order valence-corrected chi connectivity index (χ0v) is 16.8. The number of amidine groups is 1. The molecule has 2 aliphatic rings. The number of nitrogens with one attached hydrogen (secondary N) is 1. The summed E-state index contributed by atoms with van der Waals surface area (Å²) in [4.78, 5) is 21.1. The summed E-state index contributed by atoms with van der Waals surface area (Å²) in [6.07, 6.45) is 1.30. The van der Waals surface area contributed by atoms with Gasteiger partial charge in [-0.25, -0.2) is 13.8 Å². The average molecular weight is 427 g/mol. The third-order valence-corrected chi connectivity index (χ3v) is 6.57. The van der Waals surface area contributed by atoms with E-state index in [0.717, 1.165) is 0 Å². The second-order valence-corrected chi connectivity index (χ2v) is 8.49. The molecule has 1 amide bonds. The standard InChI is InChI=1S/C21H19F2N5OS/c22-14-5-6-21(13(7-14)11-30-20(25)28-21)16-8-15(2-3-17(16)23)27-19(29)18-4-1-12(9-24)10-26-18/h1-4,8,10,13-14H,5-7,11H2,(H2,25,28)(H,27,29). The van der Waals surface area contributed by atoms with E-state index < -0.39 is 23.4 Å². The quantitative estimate of drug-likeness (QED) is 0.777. The molecule has 0 bridgehead atoms. The van der Waals surface area contributed by atoms with Crippen LogP contribution in [0.4, 0.5) is 14.5 Å². The van der Waals surface area contributed by atoms with Gasteiger partial charge in [0.25, 0.3) is 5.91 Å². The van der Waals surface area contributed by atoms with Crippen molar-refractivity contribution in [3.05, 3.63) is 59.2 Å². The SMILES string of the molecule is N#Cc1ccc(C(=O)Nc2ccc(F)c(C34CCC(F)CC3CSC(N)=N4)c2)nc1. The number of alkyl halides is 1. The molecular formula is C21H19F2N5OS. The molecule has 1 fully saturated rings. The molecule has 4 rings (SSSR count). The largest absolute Gasteiger partial charge is 0.379 e. The fourth-order valence-corrected chi connectivity index (χ4v) is 5.12. The van der Waals surface area contributed by atoms with Crippen LogP contribution >= 0.6 is 11.8 Å². The maximum atomic E-state index is 14.9. The average Bonchev–Trinajstić information content (AvgIpc) is 2.75. The number of thioether (sulfide) groups is 1. The lowest BCUT2D eigenvalue weighted by Crippen LogP contribution is -2.45. The predicted molar refractivity (Wildman–Crippen MR) is 111 cm³/mol. The molecule has 0 spiro atoms. The van der Waals surface area contributed by atoms with Gasteiger partial charge in [-0.3, -0.25) is 9.79 Å². The Kier molecular flexibility index (Phi) is 5.43. The van der Waals surface area contributed by atoms with E-state index in [9.17, 15) is 13.6 Å². The highest BCUT2D eigenvalue weighted by molar-refractivity contribution is 8.13. The highest BCUT2D eigenvalue weighted by Gasteiger charge is 2.48. The Morgan fingerprint density at radius 2 is 2.20 bits per heavy atom. The van der Waals surface area contributed by atoms with E-state index >= 15 is 0 Å². The van der Waals surface area contributed by atoms with E-state index in [0.29, 0.717) is 40.6 Å². The van der Waals surface area contributed by atoms with Gasteiger partial charge < -0.3 is 11.1 Å². The third-order valence-electron chi connectivity index (χ3n) is 5.61. The number of aliphatic imine (C=N–C) groups is 1. The molecule has 3 N–H and O–H groups in total. The fraction of sp³-hybridized carbons (Fsp3) is 0.333. The molecule has 2 aromatic rings. The number of hydrogen-bond acceptors (Lipinski definition) is 6. The summed E-state index contributed by atoms with van der Waals surface area (Å²) in [5, 5.41) is 11.9. The second-order valence-electron chi connectivity index (χ2n) is 7.45. The van der Waals surface area contributed by atoms with Gasteiger partial charge in [0.15, 0.2) is 5.17 Å². The first-order valence-corrected chi connectivity index (χ1v) is 10.5. The van der Waals surface area contributed by atoms with Crippen molar-refractivity contribution in [1.29, 1.82) is 5.26 Å². The number of amides is 1. The van der Waals surface area contributed by atoms with Gasteiger partial charge in [-0.15, -0.1) is 0 Å². The third kappa shape index (κ3) is 3.75. The maximum Gasteiger partial charge on any atom is 0.274 e. The van der Waals surface area contributed by atoms with Crippen molar-refractivity contribution < 1.29 is 13.6 Å². The van der Waals surface area contributed by atoms with Gasteiger partial charge in [0.1, 0.15) is 23.8 Å². The number of nitriles is 1. The summed E-state index contributed by atoms with van der Waals surface area (Å²) < 4.78 is 29.0. The van der Waals surface area contributed by atoms with Crippen molar-refractivity contribution in [2.75, 3.05) is 11.1 Å². The molecule has 2 heterocycles. The fourth-order valence-electron chi connectivity index (χ4n) is 4.11. The van der Waals surface area contributed by atoms with Crippen molar-refractivity contribution in [2.45, 2.75) is 31.0 Å².